The molecule has 0 fully saturated rings. The molecule has 2 N–H and O–H groups in total. The van der Waals surface area contributed by atoms with Crippen molar-refractivity contribution >= 4 is 5.91 Å². The van der Waals surface area contributed by atoms with Crippen LogP contribution in [-0.2, 0) is 0 Å². The standard InChI is InChI=1S/C16H18N2O2/c1-10-4-6-13(7-5-10)12(3)18-16(20)14-9-17-11(2)8-15(14)19/h4-9,12H,1-3H3,(H,17,19)(H,18,20). The van der Waals surface area contributed by atoms with E-state index in [1.807, 2.05) is 38.1 Å². The number of aromatic amines is 1. The highest BCUT2D eigenvalue weighted by molar-refractivity contribution is 5.94. The molecule has 0 saturated heterocycles. The lowest BCUT2D eigenvalue weighted by molar-refractivity contribution is 0.0938. The number of amides is 1. The number of aromatic nitrogens is 1. The summed E-state index contributed by atoms with van der Waals surface area (Å²) >= 11 is 0. The van der Waals surface area contributed by atoms with Gasteiger partial charge in [-0.05, 0) is 26.3 Å². The van der Waals surface area contributed by atoms with Crippen molar-refractivity contribution in [1.82, 2.24) is 10.3 Å². The molecule has 0 spiro atoms. The van der Waals surface area contributed by atoms with Gasteiger partial charge in [0.1, 0.15) is 5.56 Å². The van der Waals surface area contributed by atoms with Gasteiger partial charge in [0.25, 0.3) is 5.91 Å². The first-order valence-electron chi connectivity index (χ1n) is 6.54. The van der Waals surface area contributed by atoms with E-state index in [0.717, 1.165) is 11.3 Å². The van der Waals surface area contributed by atoms with Crippen LogP contribution in [0.15, 0.2) is 41.3 Å². The molecule has 0 aliphatic rings. The highest BCUT2D eigenvalue weighted by Gasteiger charge is 2.14. The van der Waals surface area contributed by atoms with Crippen LogP contribution in [-0.4, -0.2) is 10.9 Å². The maximum Gasteiger partial charge on any atom is 0.257 e. The van der Waals surface area contributed by atoms with E-state index >= 15 is 0 Å². The molecule has 0 saturated carbocycles. The van der Waals surface area contributed by atoms with Crippen LogP contribution in [0.3, 0.4) is 0 Å². The van der Waals surface area contributed by atoms with Crippen LogP contribution in [0.1, 0.15) is 40.1 Å². The van der Waals surface area contributed by atoms with Gasteiger partial charge in [-0.15, -0.1) is 0 Å². The molecule has 4 heteroatoms. The van der Waals surface area contributed by atoms with Crippen molar-refractivity contribution in [3.63, 3.8) is 0 Å². The second kappa shape index (κ2) is 5.74. The molecule has 1 atom stereocenters. The summed E-state index contributed by atoms with van der Waals surface area (Å²) < 4.78 is 0. The minimum absolute atomic E-state index is 0.134. The number of carbonyl (C=O) groups excluding carboxylic acids is 1. The van der Waals surface area contributed by atoms with Crippen LogP contribution in [0, 0.1) is 13.8 Å². The maximum atomic E-state index is 12.1. The van der Waals surface area contributed by atoms with Gasteiger partial charge in [0, 0.05) is 18.0 Å². The molecule has 2 aromatic rings. The Morgan fingerprint density at radius 3 is 2.45 bits per heavy atom. The summed E-state index contributed by atoms with van der Waals surface area (Å²) in [4.78, 5) is 26.7. The highest BCUT2D eigenvalue weighted by atomic mass is 16.2. The van der Waals surface area contributed by atoms with Crippen LogP contribution in [0.5, 0.6) is 0 Å². The second-order valence-corrected chi connectivity index (χ2v) is 5.00. The van der Waals surface area contributed by atoms with E-state index in [9.17, 15) is 9.59 Å². The molecule has 20 heavy (non-hydrogen) atoms. The van der Waals surface area contributed by atoms with Gasteiger partial charge in [-0.25, -0.2) is 0 Å². The summed E-state index contributed by atoms with van der Waals surface area (Å²) in [6.45, 7) is 5.68. The molecule has 1 aromatic heterocycles. The minimum Gasteiger partial charge on any atom is -0.364 e. The second-order valence-electron chi connectivity index (χ2n) is 5.00. The predicted octanol–water partition coefficient (Wildman–Crippen LogP) is 2.48. The van der Waals surface area contributed by atoms with E-state index in [-0.39, 0.29) is 22.9 Å². The lowest BCUT2D eigenvalue weighted by Gasteiger charge is -2.14. The first-order valence-corrected chi connectivity index (χ1v) is 6.54. The Hall–Kier alpha value is -2.36. The first kappa shape index (κ1) is 14.1. The lowest BCUT2D eigenvalue weighted by atomic mass is 10.1. The van der Waals surface area contributed by atoms with Gasteiger partial charge in [0.2, 0.25) is 0 Å². The number of rotatable bonds is 3. The van der Waals surface area contributed by atoms with Crippen LogP contribution in [0.4, 0.5) is 0 Å². The number of pyridine rings is 1. The van der Waals surface area contributed by atoms with E-state index in [4.69, 9.17) is 0 Å². The molecule has 1 amide bonds. The van der Waals surface area contributed by atoms with Crippen LogP contribution in [0.2, 0.25) is 0 Å². The number of benzene rings is 1. The molecule has 2 rings (SSSR count). The molecule has 0 aliphatic carbocycles. The Labute approximate surface area is 117 Å². The molecular weight excluding hydrogens is 252 g/mol. The van der Waals surface area contributed by atoms with Crippen molar-refractivity contribution in [1.29, 1.82) is 0 Å². The maximum absolute atomic E-state index is 12.1. The van der Waals surface area contributed by atoms with Crippen molar-refractivity contribution in [2.75, 3.05) is 0 Å². The zero-order chi connectivity index (χ0) is 14.7. The van der Waals surface area contributed by atoms with E-state index < -0.39 is 0 Å². The van der Waals surface area contributed by atoms with Gasteiger partial charge in [-0.2, -0.15) is 0 Å². The zero-order valence-electron chi connectivity index (χ0n) is 11.9. The molecule has 1 aromatic carbocycles. The quantitative estimate of drug-likeness (QED) is 0.900. The molecule has 0 bridgehead atoms. The number of hydrogen-bond acceptors (Lipinski definition) is 2. The number of hydrogen-bond donors (Lipinski definition) is 2. The Kier molecular flexibility index (Phi) is 4.03. The van der Waals surface area contributed by atoms with E-state index in [0.29, 0.717) is 0 Å². The number of nitrogens with one attached hydrogen (secondary N) is 2. The van der Waals surface area contributed by atoms with Gasteiger partial charge in [-0.1, -0.05) is 29.8 Å². The van der Waals surface area contributed by atoms with Crippen molar-refractivity contribution < 1.29 is 4.79 Å². The minimum atomic E-state index is -0.362. The summed E-state index contributed by atoms with van der Waals surface area (Å²) in [5.41, 5.74) is 2.78. The first-order chi connectivity index (χ1) is 9.47. The van der Waals surface area contributed by atoms with E-state index in [2.05, 4.69) is 10.3 Å². The topological polar surface area (TPSA) is 62.0 Å². The molecule has 0 aliphatic heterocycles. The largest absolute Gasteiger partial charge is 0.364 e. The SMILES string of the molecule is Cc1ccc(C(C)NC(=O)c2c[nH]c(C)cc2=O)cc1. The van der Waals surface area contributed by atoms with Gasteiger partial charge in [0.05, 0.1) is 6.04 Å². The monoisotopic (exact) mass is 270 g/mol. The summed E-state index contributed by atoms with van der Waals surface area (Å²) in [5, 5.41) is 2.83. The summed E-state index contributed by atoms with van der Waals surface area (Å²) in [6, 6.07) is 9.21. The van der Waals surface area contributed by atoms with Crippen molar-refractivity contribution in [3.8, 4) is 0 Å². The number of aryl methyl sites for hydroxylation is 2. The third-order valence-corrected chi connectivity index (χ3v) is 3.23. The molecule has 1 unspecified atom stereocenters. The normalized spacial score (nSPS) is 11.9. The van der Waals surface area contributed by atoms with Crippen molar-refractivity contribution in [2.45, 2.75) is 26.8 Å². The zero-order valence-corrected chi connectivity index (χ0v) is 11.9. The molecular formula is C16H18N2O2. The lowest BCUT2D eigenvalue weighted by Crippen LogP contribution is -2.30. The summed E-state index contributed by atoms with van der Waals surface area (Å²) in [6.07, 6.45) is 1.45. The van der Waals surface area contributed by atoms with Crippen molar-refractivity contribution in [3.05, 3.63) is 69.1 Å². The molecule has 1 heterocycles. The fraction of sp³-hybridized carbons (Fsp3) is 0.250. The van der Waals surface area contributed by atoms with Gasteiger partial charge in [0.15, 0.2) is 5.43 Å². The molecule has 0 radical (unpaired) electrons. The van der Waals surface area contributed by atoms with E-state index in [1.54, 1.807) is 6.92 Å². The van der Waals surface area contributed by atoms with Gasteiger partial charge >= 0.3 is 0 Å². The van der Waals surface area contributed by atoms with Crippen LogP contribution >= 0.6 is 0 Å². The molecule has 104 valence electrons. The third-order valence-electron chi connectivity index (χ3n) is 3.23. The number of H-pyrrole nitrogens is 1. The fourth-order valence-electron chi connectivity index (χ4n) is 1.96. The van der Waals surface area contributed by atoms with Crippen LogP contribution < -0.4 is 10.7 Å². The third kappa shape index (κ3) is 3.15. The average molecular weight is 270 g/mol. The average Bonchev–Trinajstić information content (AvgIpc) is 2.39. The number of carbonyl (C=O) groups is 1. The van der Waals surface area contributed by atoms with Crippen molar-refractivity contribution in [2.24, 2.45) is 0 Å². The summed E-state index contributed by atoms with van der Waals surface area (Å²) in [7, 11) is 0. The fourth-order valence-corrected chi connectivity index (χ4v) is 1.96. The Morgan fingerprint density at radius 1 is 1.20 bits per heavy atom. The van der Waals surface area contributed by atoms with Gasteiger partial charge in [-0.3, -0.25) is 9.59 Å². The summed E-state index contributed by atoms with van der Waals surface area (Å²) in [5.74, 6) is -0.362. The Morgan fingerprint density at radius 2 is 1.85 bits per heavy atom. The Balaban J connectivity index is 2.15. The van der Waals surface area contributed by atoms with Gasteiger partial charge < -0.3 is 10.3 Å². The smallest absolute Gasteiger partial charge is 0.257 e. The van der Waals surface area contributed by atoms with Crippen LogP contribution in [0.25, 0.3) is 0 Å². The Bertz CT molecular complexity index is 672. The van der Waals surface area contributed by atoms with E-state index in [1.165, 1.54) is 17.8 Å². The molecule has 4 nitrogen and oxygen atoms in total. The highest BCUT2D eigenvalue weighted by Crippen LogP contribution is 2.13. The predicted molar refractivity (Wildman–Crippen MR) is 78.9 cm³/mol.